The first kappa shape index (κ1) is 14.5. The molecule has 1 aliphatic carbocycles. The molecular weight excluding hydrogens is 332 g/mol. The van der Waals surface area contributed by atoms with Gasteiger partial charge in [-0.2, -0.15) is 0 Å². The summed E-state index contributed by atoms with van der Waals surface area (Å²) in [6, 6.07) is 3.67. The van der Waals surface area contributed by atoms with Gasteiger partial charge in [-0.05, 0) is 25.0 Å². The summed E-state index contributed by atoms with van der Waals surface area (Å²) in [4.78, 5) is 28.2. The molecule has 2 heterocycles. The molecule has 1 fully saturated rings. The Labute approximate surface area is 133 Å². The van der Waals surface area contributed by atoms with E-state index in [-0.39, 0.29) is 5.91 Å². The standard InChI is InChI=1S/C13H11ClN2O3S2/c14-10-4-3-9(21-10)8-5-20-13(15-8)16-11(17)6-1-2-7(6)12(18)19/h3-7H,1-2H2,(H,18,19)(H,15,16,17)/t6-,7+/m0/s1. The van der Waals surface area contributed by atoms with Gasteiger partial charge in [0.2, 0.25) is 5.91 Å². The third kappa shape index (κ3) is 2.95. The molecule has 2 atom stereocenters. The Kier molecular flexibility index (Phi) is 3.97. The minimum Gasteiger partial charge on any atom is -0.481 e. The van der Waals surface area contributed by atoms with Crippen LogP contribution in [0.5, 0.6) is 0 Å². The molecule has 0 aromatic carbocycles. The maximum atomic E-state index is 12.0. The predicted octanol–water partition coefficient (Wildman–Crippen LogP) is 3.57. The Morgan fingerprint density at radius 1 is 1.33 bits per heavy atom. The second-order valence-electron chi connectivity index (χ2n) is 4.76. The third-order valence-corrected chi connectivity index (χ3v) is 5.50. The molecule has 0 spiro atoms. The van der Waals surface area contributed by atoms with Gasteiger partial charge in [0.1, 0.15) is 0 Å². The van der Waals surface area contributed by atoms with Crippen LogP contribution in [0.3, 0.4) is 0 Å². The third-order valence-electron chi connectivity index (χ3n) is 3.49. The van der Waals surface area contributed by atoms with E-state index in [1.807, 2.05) is 11.4 Å². The van der Waals surface area contributed by atoms with Gasteiger partial charge in [-0.3, -0.25) is 9.59 Å². The molecule has 5 nitrogen and oxygen atoms in total. The van der Waals surface area contributed by atoms with Gasteiger partial charge in [-0.25, -0.2) is 4.98 Å². The van der Waals surface area contributed by atoms with E-state index in [1.165, 1.54) is 22.7 Å². The fourth-order valence-corrected chi connectivity index (χ4v) is 4.00. The number of hydrogen-bond acceptors (Lipinski definition) is 5. The highest BCUT2D eigenvalue weighted by molar-refractivity contribution is 7.20. The summed E-state index contributed by atoms with van der Waals surface area (Å²) in [6.07, 6.45) is 1.17. The number of anilines is 1. The number of carbonyl (C=O) groups is 2. The predicted molar refractivity (Wildman–Crippen MR) is 82.9 cm³/mol. The van der Waals surface area contributed by atoms with Crippen LogP contribution in [-0.4, -0.2) is 22.0 Å². The van der Waals surface area contributed by atoms with Crippen LogP contribution in [0.25, 0.3) is 10.6 Å². The van der Waals surface area contributed by atoms with E-state index < -0.39 is 17.8 Å². The number of aromatic nitrogens is 1. The molecule has 0 bridgehead atoms. The quantitative estimate of drug-likeness (QED) is 0.890. The van der Waals surface area contributed by atoms with E-state index in [4.69, 9.17) is 16.7 Å². The van der Waals surface area contributed by atoms with Crippen LogP contribution in [0, 0.1) is 11.8 Å². The number of hydrogen-bond donors (Lipinski definition) is 2. The Hall–Kier alpha value is -1.44. The zero-order valence-electron chi connectivity index (χ0n) is 10.7. The van der Waals surface area contributed by atoms with Gasteiger partial charge in [0.25, 0.3) is 0 Å². The SMILES string of the molecule is O=C(Nc1nc(-c2ccc(Cl)s2)cs1)[C@H]1CC[C@H]1C(=O)O. The normalized spacial score (nSPS) is 20.8. The summed E-state index contributed by atoms with van der Waals surface area (Å²) in [7, 11) is 0. The first-order valence-electron chi connectivity index (χ1n) is 6.29. The minimum atomic E-state index is -0.908. The number of rotatable bonds is 4. The molecule has 1 saturated carbocycles. The minimum absolute atomic E-state index is 0.265. The van der Waals surface area contributed by atoms with E-state index in [0.717, 1.165) is 10.6 Å². The summed E-state index contributed by atoms with van der Waals surface area (Å²) in [6.45, 7) is 0. The number of carbonyl (C=O) groups excluding carboxylic acids is 1. The molecule has 1 aliphatic rings. The van der Waals surface area contributed by atoms with Crippen molar-refractivity contribution in [1.82, 2.24) is 4.98 Å². The number of thiazole rings is 1. The number of carboxylic acids is 1. The highest BCUT2D eigenvalue weighted by Crippen LogP contribution is 2.36. The van der Waals surface area contributed by atoms with Gasteiger partial charge in [-0.1, -0.05) is 11.6 Å². The number of halogens is 1. The molecule has 21 heavy (non-hydrogen) atoms. The Morgan fingerprint density at radius 3 is 2.67 bits per heavy atom. The van der Waals surface area contributed by atoms with Crippen LogP contribution in [0.4, 0.5) is 5.13 Å². The average Bonchev–Trinajstić information content (AvgIpc) is 2.95. The van der Waals surface area contributed by atoms with Gasteiger partial charge >= 0.3 is 5.97 Å². The number of amides is 1. The van der Waals surface area contributed by atoms with E-state index in [1.54, 1.807) is 6.07 Å². The molecule has 0 radical (unpaired) electrons. The Morgan fingerprint density at radius 2 is 2.10 bits per heavy atom. The molecule has 2 aromatic rings. The lowest BCUT2D eigenvalue weighted by atomic mass is 9.73. The van der Waals surface area contributed by atoms with E-state index in [0.29, 0.717) is 22.3 Å². The van der Waals surface area contributed by atoms with Gasteiger partial charge in [0, 0.05) is 5.38 Å². The molecule has 3 rings (SSSR count). The second-order valence-corrected chi connectivity index (χ2v) is 7.33. The molecule has 0 aliphatic heterocycles. The van der Waals surface area contributed by atoms with Gasteiger partial charge < -0.3 is 10.4 Å². The van der Waals surface area contributed by atoms with Gasteiger partial charge in [0.05, 0.1) is 26.7 Å². The van der Waals surface area contributed by atoms with Crippen molar-refractivity contribution >= 4 is 51.3 Å². The van der Waals surface area contributed by atoms with Crippen molar-refractivity contribution in [3.05, 3.63) is 21.8 Å². The molecule has 0 unspecified atom stereocenters. The molecule has 2 aromatic heterocycles. The Balaban J connectivity index is 1.67. The fraction of sp³-hybridized carbons (Fsp3) is 0.308. The molecule has 2 N–H and O–H groups in total. The number of nitrogens with one attached hydrogen (secondary N) is 1. The van der Waals surface area contributed by atoms with Crippen molar-refractivity contribution < 1.29 is 14.7 Å². The van der Waals surface area contributed by atoms with Crippen molar-refractivity contribution in [2.45, 2.75) is 12.8 Å². The van der Waals surface area contributed by atoms with Crippen LogP contribution < -0.4 is 5.32 Å². The van der Waals surface area contributed by atoms with Crippen LogP contribution in [0.15, 0.2) is 17.5 Å². The highest BCUT2D eigenvalue weighted by atomic mass is 35.5. The molecule has 1 amide bonds. The van der Waals surface area contributed by atoms with E-state index in [2.05, 4.69) is 10.3 Å². The fourth-order valence-electron chi connectivity index (χ4n) is 2.20. The molecule has 0 saturated heterocycles. The monoisotopic (exact) mass is 342 g/mol. The summed E-state index contributed by atoms with van der Waals surface area (Å²) >= 11 is 8.62. The molecular formula is C13H11ClN2O3S2. The average molecular weight is 343 g/mol. The van der Waals surface area contributed by atoms with Crippen LogP contribution >= 0.6 is 34.3 Å². The van der Waals surface area contributed by atoms with Crippen molar-refractivity contribution in [2.24, 2.45) is 11.8 Å². The first-order chi connectivity index (χ1) is 10.0. The van der Waals surface area contributed by atoms with Crippen LogP contribution in [-0.2, 0) is 9.59 Å². The zero-order valence-corrected chi connectivity index (χ0v) is 13.1. The van der Waals surface area contributed by atoms with Crippen LogP contribution in [0.2, 0.25) is 4.34 Å². The van der Waals surface area contributed by atoms with E-state index in [9.17, 15) is 9.59 Å². The summed E-state index contributed by atoms with van der Waals surface area (Å²) in [5, 5.41) is 14.0. The lowest BCUT2D eigenvalue weighted by Crippen LogP contribution is -2.41. The summed E-state index contributed by atoms with van der Waals surface area (Å²) in [5.74, 6) is -2.19. The number of carboxylic acid groups (broad SMARTS) is 1. The maximum absolute atomic E-state index is 12.0. The maximum Gasteiger partial charge on any atom is 0.307 e. The van der Waals surface area contributed by atoms with Crippen molar-refractivity contribution in [2.75, 3.05) is 5.32 Å². The summed E-state index contributed by atoms with van der Waals surface area (Å²) < 4.78 is 0.683. The number of aliphatic carboxylic acids is 1. The van der Waals surface area contributed by atoms with Gasteiger partial charge in [-0.15, -0.1) is 22.7 Å². The summed E-state index contributed by atoms with van der Waals surface area (Å²) in [5.41, 5.74) is 0.760. The lowest BCUT2D eigenvalue weighted by molar-refractivity contribution is -0.151. The topological polar surface area (TPSA) is 79.3 Å². The largest absolute Gasteiger partial charge is 0.481 e. The highest BCUT2D eigenvalue weighted by Gasteiger charge is 2.41. The second kappa shape index (κ2) is 5.75. The lowest BCUT2D eigenvalue weighted by Gasteiger charge is -2.31. The van der Waals surface area contributed by atoms with Crippen molar-refractivity contribution in [1.29, 1.82) is 0 Å². The van der Waals surface area contributed by atoms with E-state index >= 15 is 0 Å². The van der Waals surface area contributed by atoms with Crippen molar-refractivity contribution in [3.63, 3.8) is 0 Å². The van der Waals surface area contributed by atoms with Gasteiger partial charge in [0.15, 0.2) is 5.13 Å². The zero-order chi connectivity index (χ0) is 15.0. The smallest absolute Gasteiger partial charge is 0.307 e. The Bertz CT molecular complexity index is 697. The molecule has 8 heteroatoms. The number of thiophene rings is 1. The van der Waals surface area contributed by atoms with Crippen LogP contribution in [0.1, 0.15) is 12.8 Å². The molecule has 110 valence electrons. The first-order valence-corrected chi connectivity index (χ1v) is 8.37. The van der Waals surface area contributed by atoms with Crippen molar-refractivity contribution in [3.8, 4) is 10.6 Å². The number of nitrogens with zero attached hydrogens (tertiary/aromatic N) is 1.